The number of aromatic nitrogens is 7. The maximum atomic E-state index is 13.3. The number of H-pyrrole nitrogens is 1. The van der Waals surface area contributed by atoms with Crippen molar-refractivity contribution in [2.75, 3.05) is 5.32 Å². The summed E-state index contributed by atoms with van der Waals surface area (Å²) in [6, 6.07) is 9.50. The Kier molecular flexibility index (Phi) is 5.21. The number of aryl methyl sites for hydroxylation is 2. The number of carbonyl (C=O) groups excluding carboxylic acids is 1. The average molecular weight is 459 g/mol. The summed E-state index contributed by atoms with van der Waals surface area (Å²) >= 11 is 1.71. The Morgan fingerprint density at radius 2 is 2.00 bits per heavy atom. The van der Waals surface area contributed by atoms with Crippen molar-refractivity contribution in [2.24, 2.45) is 0 Å². The maximum absolute atomic E-state index is 13.3. The molecule has 0 radical (unpaired) electrons. The van der Waals surface area contributed by atoms with Gasteiger partial charge in [-0.05, 0) is 52.0 Å². The van der Waals surface area contributed by atoms with Crippen molar-refractivity contribution in [1.82, 2.24) is 34.9 Å². The third-order valence-corrected chi connectivity index (χ3v) is 6.20. The zero-order chi connectivity index (χ0) is 23.1. The number of rotatable bonds is 5. The minimum Gasteiger partial charge on any atom is -0.289 e. The molecule has 0 fully saturated rings. The lowest BCUT2D eigenvalue weighted by Gasteiger charge is -2.10. The lowest BCUT2D eigenvalue weighted by atomic mass is 10.1. The van der Waals surface area contributed by atoms with Gasteiger partial charge in [0, 0.05) is 27.6 Å². The van der Waals surface area contributed by atoms with Crippen molar-refractivity contribution in [2.45, 2.75) is 33.7 Å². The predicted molar refractivity (Wildman–Crippen MR) is 128 cm³/mol. The van der Waals surface area contributed by atoms with Gasteiger partial charge in [0.05, 0.1) is 22.8 Å². The van der Waals surface area contributed by atoms with E-state index in [1.54, 1.807) is 23.7 Å². The Morgan fingerprint density at radius 1 is 1.15 bits per heavy atom. The van der Waals surface area contributed by atoms with Crippen molar-refractivity contribution in [3.05, 3.63) is 58.0 Å². The second-order valence-corrected chi connectivity index (χ2v) is 9.44. The summed E-state index contributed by atoms with van der Waals surface area (Å²) in [6.45, 7) is 8.19. The molecule has 5 aromatic heterocycles. The summed E-state index contributed by atoms with van der Waals surface area (Å²) in [7, 11) is 0. The highest BCUT2D eigenvalue weighted by Gasteiger charge is 2.21. The van der Waals surface area contributed by atoms with Crippen LogP contribution in [0.3, 0.4) is 0 Å². The molecule has 0 spiro atoms. The van der Waals surface area contributed by atoms with Gasteiger partial charge in [-0.25, -0.2) is 9.67 Å². The summed E-state index contributed by atoms with van der Waals surface area (Å²) in [5, 5.41) is 14.9. The monoisotopic (exact) mass is 458 g/mol. The molecular formula is C23H22N8OS. The predicted octanol–water partition coefficient (Wildman–Crippen LogP) is 4.79. The Hall–Kier alpha value is -3.92. The molecule has 0 aliphatic carbocycles. The van der Waals surface area contributed by atoms with Crippen molar-refractivity contribution in [3.8, 4) is 22.8 Å². The van der Waals surface area contributed by atoms with Crippen LogP contribution in [0.25, 0.3) is 33.8 Å². The lowest BCUT2D eigenvalue weighted by Crippen LogP contribution is -2.14. The van der Waals surface area contributed by atoms with Crippen molar-refractivity contribution in [3.63, 3.8) is 0 Å². The zero-order valence-electron chi connectivity index (χ0n) is 18.6. The number of carbonyl (C=O) groups is 1. The van der Waals surface area contributed by atoms with Gasteiger partial charge in [0.25, 0.3) is 5.91 Å². The van der Waals surface area contributed by atoms with E-state index in [1.165, 1.54) is 4.88 Å². The van der Waals surface area contributed by atoms with Crippen molar-refractivity contribution >= 4 is 34.2 Å². The van der Waals surface area contributed by atoms with E-state index in [4.69, 9.17) is 4.98 Å². The number of pyridine rings is 2. The molecule has 0 aromatic carbocycles. The summed E-state index contributed by atoms with van der Waals surface area (Å²) < 4.78 is 1.83. The van der Waals surface area contributed by atoms with Crippen LogP contribution >= 0.6 is 11.3 Å². The van der Waals surface area contributed by atoms with E-state index in [2.05, 4.69) is 50.5 Å². The van der Waals surface area contributed by atoms with E-state index in [-0.39, 0.29) is 17.9 Å². The Balaban J connectivity index is 1.56. The summed E-state index contributed by atoms with van der Waals surface area (Å²) in [5.41, 5.74) is 3.52. The SMILES string of the molecule is Cc1cc(-c2cc(C(=O)Nc3n[nH]c(-c4ccccn4)n3)c3cnn(C(C)C)c3n2)c(C)s1. The van der Waals surface area contributed by atoms with Crippen LogP contribution in [0.4, 0.5) is 5.95 Å². The molecule has 5 aromatic rings. The van der Waals surface area contributed by atoms with Gasteiger partial charge < -0.3 is 0 Å². The highest BCUT2D eigenvalue weighted by molar-refractivity contribution is 7.12. The zero-order valence-corrected chi connectivity index (χ0v) is 19.4. The van der Waals surface area contributed by atoms with Gasteiger partial charge in [0.1, 0.15) is 5.69 Å². The van der Waals surface area contributed by atoms with E-state index >= 15 is 0 Å². The van der Waals surface area contributed by atoms with E-state index in [0.29, 0.717) is 28.1 Å². The van der Waals surface area contributed by atoms with E-state index in [1.807, 2.05) is 42.8 Å². The van der Waals surface area contributed by atoms with Crippen LogP contribution in [-0.4, -0.2) is 40.8 Å². The summed E-state index contributed by atoms with van der Waals surface area (Å²) in [4.78, 5) is 29.2. The van der Waals surface area contributed by atoms with E-state index in [0.717, 1.165) is 16.1 Å². The minimum absolute atomic E-state index is 0.0976. The number of hydrogen-bond acceptors (Lipinski definition) is 7. The molecule has 33 heavy (non-hydrogen) atoms. The number of nitrogens with zero attached hydrogens (tertiary/aromatic N) is 6. The third-order valence-electron chi connectivity index (χ3n) is 5.24. The fourth-order valence-corrected chi connectivity index (χ4v) is 4.64. The van der Waals surface area contributed by atoms with Crippen molar-refractivity contribution in [1.29, 1.82) is 0 Å². The largest absolute Gasteiger partial charge is 0.289 e. The first-order valence-electron chi connectivity index (χ1n) is 10.5. The molecule has 9 nitrogen and oxygen atoms in total. The van der Waals surface area contributed by atoms with Crippen LogP contribution in [0, 0.1) is 13.8 Å². The number of amides is 1. The van der Waals surface area contributed by atoms with Gasteiger partial charge in [-0.2, -0.15) is 10.1 Å². The number of nitrogens with one attached hydrogen (secondary N) is 2. The molecule has 0 atom stereocenters. The number of anilines is 1. The van der Waals surface area contributed by atoms with Crippen LogP contribution < -0.4 is 5.32 Å². The van der Waals surface area contributed by atoms with Gasteiger partial charge in [-0.1, -0.05) is 6.07 Å². The molecular weight excluding hydrogens is 436 g/mol. The van der Waals surface area contributed by atoms with Gasteiger partial charge in [-0.3, -0.25) is 20.2 Å². The molecule has 166 valence electrons. The summed E-state index contributed by atoms with van der Waals surface area (Å²) in [5.74, 6) is 0.317. The topological polar surface area (TPSA) is 114 Å². The first-order valence-corrected chi connectivity index (χ1v) is 11.3. The number of thiophene rings is 1. The second-order valence-electron chi connectivity index (χ2n) is 7.98. The normalized spacial score (nSPS) is 11.4. The molecule has 0 aliphatic rings. The molecule has 0 unspecified atom stereocenters. The first-order chi connectivity index (χ1) is 15.9. The average Bonchev–Trinajstić information content (AvgIpc) is 3.51. The number of fused-ring (bicyclic) bond motifs is 1. The molecule has 5 heterocycles. The van der Waals surface area contributed by atoms with Gasteiger partial charge >= 0.3 is 0 Å². The van der Waals surface area contributed by atoms with E-state index in [9.17, 15) is 4.79 Å². The highest BCUT2D eigenvalue weighted by atomic mass is 32.1. The smallest absolute Gasteiger partial charge is 0.258 e. The molecule has 5 rings (SSSR count). The van der Waals surface area contributed by atoms with Gasteiger partial charge in [0.2, 0.25) is 5.95 Å². The quantitative estimate of drug-likeness (QED) is 0.391. The van der Waals surface area contributed by atoms with Crippen LogP contribution in [0.1, 0.15) is 40.0 Å². The second kappa shape index (κ2) is 8.21. The lowest BCUT2D eigenvalue weighted by molar-refractivity contribution is 0.102. The molecule has 10 heteroatoms. The molecule has 2 N–H and O–H groups in total. The van der Waals surface area contributed by atoms with Gasteiger partial charge in [-0.15, -0.1) is 16.4 Å². The van der Waals surface area contributed by atoms with Crippen LogP contribution in [0.15, 0.2) is 42.7 Å². The standard InChI is InChI=1S/C23H22N8OS/c1-12(2)31-21-17(11-25-31)16(10-19(26-21)15-9-13(3)33-14(15)4)22(32)28-23-27-20(29-30-23)18-7-5-6-8-24-18/h5-12H,1-4H3,(H2,27,28,29,30,32). The maximum Gasteiger partial charge on any atom is 0.258 e. The van der Waals surface area contributed by atoms with Gasteiger partial charge in [0.15, 0.2) is 11.5 Å². The third kappa shape index (κ3) is 3.89. The molecule has 0 aliphatic heterocycles. The fourth-order valence-electron chi connectivity index (χ4n) is 3.71. The van der Waals surface area contributed by atoms with E-state index < -0.39 is 0 Å². The molecule has 0 bridgehead atoms. The first kappa shape index (κ1) is 21.0. The molecule has 0 saturated carbocycles. The fraction of sp³-hybridized carbons (Fsp3) is 0.217. The highest BCUT2D eigenvalue weighted by Crippen LogP contribution is 2.32. The summed E-state index contributed by atoms with van der Waals surface area (Å²) in [6.07, 6.45) is 3.36. The Bertz CT molecular complexity index is 1460. The van der Waals surface area contributed by atoms with Crippen LogP contribution in [-0.2, 0) is 0 Å². The number of aromatic amines is 1. The Labute approximate surface area is 193 Å². The van der Waals surface area contributed by atoms with Crippen molar-refractivity contribution < 1.29 is 4.79 Å². The molecule has 1 amide bonds. The van der Waals surface area contributed by atoms with Crippen LogP contribution in [0.5, 0.6) is 0 Å². The Morgan fingerprint density at radius 3 is 2.70 bits per heavy atom. The number of hydrogen-bond donors (Lipinski definition) is 2. The van der Waals surface area contributed by atoms with Crippen LogP contribution in [0.2, 0.25) is 0 Å². The molecule has 0 saturated heterocycles. The minimum atomic E-state index is -0.330.